The second-order valence-corrected chi connectivity index (χ2v) is 5.91. The van der Waals surface area contributed by atoms with E-state index in [1.165, 1.54) is 0 Å². The summed E-state index contributed by atoms with van der Waals surface area (Å²) in [6, 6.07) is 0.170. The molecule has 0 aromatic carbocycles. The molecule has 4 atom stereocenters. The van der Waals surface area contributed by atoms with Crippen LogP contribution in [0.15, 0.2) is 0 Å². The molecule has 2 N–H and O–H groups in total. The Morgan fingerprint density at radius 1 is 1.17 bits per heavy atom. The first-order valence-corrected chi connectivity index (χ1v) is 7.16. The Morgan fingerprint density at radius 3 is 2.44 bits per heavy atom. The number of hydrogen-bond donors (Lipinski definition) is 1. The molecule has 1 saturated carbocycles. The lowest BCUT2D eigenvalue weighted by molar-refractivity contribution is -0.165. The van der Waals surface area contributed by atoms with Crippen molar-refractivity contribution >= 4 is 5.97 Å². The van der Waals surface area contributed by atoms with Crippen LogP contribution in [-0.2, 0) is 14.3 Å². The Bertz CT molecular complexity index is 285. The lowest BCUT2D eigenvalue weighted by Gasteiger charge is -2.33. The predicted octanol–water partition coefficient (Wildman–Crippen LogP) is 2.00. The summed E-state index contributed by atoms with van der Waals surface area (Å²) < 4.78 is 11.3. The fourth-order valence-electron chi connectivity index (χ4n) is 3.14. The molecule has 4 heteroatoms. The van der Waals surface area contributed by atoms with Crippen LogP contribution in [0.2, 0.25) is 0 Å². The first-order chi connectivity index (χ1) is 8.54. The Balaban J connectivity index is 1.83. The number of carbonyl (C=O) groups excluding carboxylic acids is 1. The van der Waals surface area contributed by atoms with Gasteiger partial charge in [0.25, 0.3) is 0 Å². The van der Waals surface area contributed by atoms with Crippen molar-refractivity contribution in [3.05, 3.63) is 0 Å². The van der Waals surface area contributed by atoms with E-state index in [1.54, 1.807) is 0 Å². The van der Waals surface area contributed by atoms with Crippen molar-refractivity contribution in [1.29, 1.82) is 0 Å². The molecule has 0 bridgehead atoms. The normalized spacial score (nSPS) is 41.4. The fraction of sp³-hybridized carbons (Fsp3) is 0.929. The molecule has 2 rings (SSSR count). The van der Waals surface area contributed by atoms with Crippen LogP contribution in [0.5, 0.6) is 0 Å². The molecule has 2 aliphatic rings. The zero-order valence-electron chi connectivity index (χ0n) is 11.4. The first-order valence-electron chi connectivity index (χ1n) is 7.16. The van der Waals surface area contributed by atoms with E-state index < -0.39 is 0 Å². The number of esters is 1. The zero-order chi connectivity index (χ0) is 13.1. The average molecular weight is 255 g/mol. The van der Waals surface area contributed by atoms with Crippen LogP contribution in [-0.4, -0.2) is 30.3 Å². The van der Waals surface area contributed by atoms with Crippen LogP contribution in [0, 0.1) is 5.92 Å². The van der Waals surface area contributed by atoms with Crippen LogP contribution >= 0.6 is 0 Å². The minimum absolute atomic E-state index is 0.0159. The number of hydrogen-bond acceptors (Lipinski definition) is 4. The van der Waals surface area contributed by atoms with Gasteiger partial charge >= 0.3 is 5.97 Å². The largest absolute Gasteiger partial charge is 0.462 e. The molecule has 1 aliphatic heterocycles. The van der Waals surface area contributed by atoms with Crippen molar-refractivity contribution in [1.82, 2.24) is 0 Å². The Kier molecular flexibility index (Phi) is 4.62. The molecule has 1 saturated heterocycles. The molecular weight excluding hydrogens is 230 g/mol. The van der Waals surface area contributed by atoms with Crippen molar-refractivity contribution in [3.63, 3.8) is 0 Å². The topological polar surface area (TPSA) is 61.5 Å². The standard InChI is InChI=1S/C14H25NO3/c1-9-6-13(7-10(2)17-9)18-14(16)11-4-3-5-12(15)8-11/h9-13H,3-8,15H2,1-2H3. The SMILES string of the molecule is CC1CC(OC(=O)C2CCCC(N)C2)CC(C)O1. The van der Waals surface area contributed by atoms with Crippen molar-refractivity contribution in [2.24, 2.45) is 11.7 Å². The number of carbonyl (C=O) groups is 1. The number of nitrogens with two attached hydrogens (primary N) is 1. The summed E-state index contributed by atoms with van der Waals surface area (Å²) in [5.41, 5.74) is 5.91. The van der Waals surface area contributed by atoms with E-state index in [0.29, 0.717) is 0 Å². The van der Waals surface area contributed by atoms with E-state index in [-0.39, 0.29) is 36.2 Å². The molecule has 1 aliphatic carbocycles. The Labute approximate surface area is 109 Å². The molecule has 0 aromatic rings. The van der Waals surface area contributed by atoms with Crippen molar-refractivity contribution < 1.29 is 14.3 Å². The molecule has 0 aromatic heterocycles. The van der Waals surface area contributed by atoms with E-state index in [9.17, 15) is 4.79 Å². The van der Waals surface area contributed by atoms with Crippen molar-refractivity contribution in [3.8, 4) is 0 Å². The van der Waals surface area contributed by atoms with Crippen molar-refractivity contribution in [2.45, 2.75) is 76.7 Å². The predicted molar refractivity (Wildman–Crippen MR) is 69.1 cm³/mol. The van der Waals surface area contributed by atoms with E-state index in [0.717, 1.165) is 38.5 Å². The second-order valence-electron chi connectivity index (χ2n) is 5.91. The minimum atomic E-state index is -0.0450. The summed E-state index contributed by atoms with van der Waals surface area (Å²) in [6.45, 7) is 4.07. The summed E-state index contributed by atoms with van der Waals surface area (Å²) in [7, 11) is 0. The number of rotatable bonds is 2. The first kappa shape index (κ1) is 13.8. The molecule has 104 valence electrons. The van der Waals surface area contributed by atoms with Crippen LogP contribution in [0.3, 0.4) is 0 Å². The zero-order valence-corrected chi connectivity index (χ0v) is 11.4. The molecule has 2 fully saturated rings. The molecule has 1 heterocycles. The summed E-state index contributed by atoms with van der Waals surface area (Å²) in [6.07, 6.45) is 5.81. The van der Waals surface area contributed by atoms with Gasteiger partial charge in [0.15, 0.2) is 0 Å². The molecule has 0 amide bonds. The number of ether oxygens (including phenoxy) is 2. The molecule has 0 radical (unpaired) electrons. The van der Waals surface area contributed by atoms with Gasteiger partial charge in [-0.2, -0.15) is 0 Å². The highest BCUT2D eigenvalue weighted by Crippen LogP contribution is 2.27. The quantitative estimate of drug-likeness (QED) is 0.767. The van der Waals surface area contributed by atoms with Gasteiger partial charge in [-0.25, -0.2) is 0 Å². The van der Waals surface area contributed by atoms with Gasteiger partial charge in [-0.1, -0.05) is 6.42 Å². The highest BCUT2D eigenvalue weighted by molar-refractivity contribution is 5.72. The van der Waals surface area contributed by atoms with Crippen LogP contribution in [0.25, 0.3) is 0 Å². The lowest BCUT2D eigenvalue weighted by atomic mass is 9.86. The van der Waals surface area contributed by atoms with Gasteiger partial charge in [-0.05, 0) is 33.1 Å². The van der Waals surface area contributed by atoms with E-state index in [1.807, 2.05) is 13.8 Å². The Hall–Kier alpha value is -0.610. The van der Waals surface area contributed by atoms with Gasteiger partial charge in [-0.3, -0.25) is 4.79 Å². The smallest absolute Gasteiger partial charge is 0.309 e. The summed E-state index contributed by atoms with van der Waals surface area (Å²) in [5, 5.41) is 0. The van der Waals surface area contributed by atoms with Crippen LogP contribution in [0.4, 0.5) is 0 Å². The minimum Gasteiger partial charge on any atom is -0.462 e. The van der Waals surface area contributed by atoms with Gasteiger partial charge in [0.05, 0.1) is 18.1 Å². The monoisotopic (exact) mass is 255 g/mol. The summed E-state index contributed by atoms with van der Waals surface area (Å²) in [5.74, 6) is -0.0290. The van der Waals surface area contributed by atoms with Gasteiger partial charge < -0.3 is 15.2 Å². The van der Waals surface area contributed by atoms with Crippen LogP contribution in [0.1, 0.15) is 52.4 Å². The van der Waals surface area contributed by atoms with Gasteiger partial charge in [0.2, 0.25) is 0 Å². The van der Waals surface area contributed by atoms with Gasteiger partial charge in [-0.15, -0.1) is 0 Å². The fourth-order valence-corrected chi connectivity index (χ4v) is 3.14. The summed E-state index contributed by atoms with van der Waals surface area (Å²) in [4.78, 5) is 12.1. The highest BCUT2D eigenvalue weighted by atomic mass is 16.6. The molecule has 4 nitrogen and oxygen atoms in total. The maximum Gasteiger partial charge on any atom is 0.309 e. The lowest BCUT2D eigenvalue weighted by Crippen LogP contribution is -2.38. The van der Waals surface area contributed by atoms with Gasteiger partial charge in [0, 0.05) is 18.9 Å². The van der Waals surface area contributed by atoms with Crippen LogP contribution < -0.4 is 5.73 Å². The molecule has 0 spiro atoms. The summed E-state index contributed by atoms with van der Waals surface area (Å²) >= 11 is 0. The third-order valence-electron chi connectivity index (χ3n) is 3.99. The average Bonchev–Trinajstić information content (AvgIpc) is 2.27. The molecular formula is C14H25NO3. The van der Waals surface area contributed by atoms with E-state index >= 15 is 0 Å². The third-order valence-corrected chi connectivity index (χ3v) is 3.99. The highest BCUT2D eigenvalue weighted by Gasteiger charge is 2.31. The third kappa shape index (κ3) is 3.69. The maximum atomic E-state index is 12.1. The maximum absolute atomic E-state index is 12.1. The molecule has 4 unspecified atom stereocenters. The van der Waals surface area contributed by atoms with E-state index in [2.05, 4.69) is 0 Å². The second kappa shape index (κ2) is 6.02. The molecule has 18 heavy (non-hydrogen) atoms. The van der Waals surface area contributed by atoms with Crippen molar-refractivity contribution in [2.75, 3.05) is 0 Å². The Morgan fingerprint density at radius 2 is 1.83 bits per heavy atom. The van der Waals surface area contributed by atoms with E-state index in [4.69, 9.17) is 15.2 Å². The van der Waals surface area contributed by atoms with Gasteiger partial charge in [0.1, 0.15) is 6.10 Å².